The number of carbonyl (C=O) groups excluding carboxylic acids is 1. The number of aryl methyl sites for hydroxylation is 1. The Labute approximate surface area is 173 Å². The van der Waals surface area contributed by atoms with Crippen molar-refractivity contribution in [3.63, 3.8) is 0 Å². The Morgan fingerprint density at radius 1 is 1.17 bits per heavy atom. The first-order valence-corrected chi connectivity index (χ1v) is 10.9. The zero-order valence-electron chi connectivity index (χ0n) is 16.3. The van der Waals surface area contributed by atoms with Crippen molar-refractivity contribution < 1.29 is 26.4 Å². The molecule has 1 aliphatic heterocycles. The third kappa shape index (κ3) is 4.81. The van der Waals surface area contributed by atoms with Crippen LogP contribution >= 0.6 is 0 Å². The Kier molecular flexibility index (Phi) is 6.47. The number of hydrogen-bond donors (Lipinski definition) is 1. The monoisotopic (exact) mass is 441 g/mol. The van der Waals surface area contributed by atoms with Crippen molar-refractivity contribution in [2.24, 2.45) is 0 Å². The van der Waals surface area contributed by atoms with E-state index in [9.17, 15) is 26.4 Å². The minimum absolute atomic E-state index is 0.257. The van der Waals surface area contributed by atoms with Gasteiger partial charge in [-0.15, -0.1) is 0 Å². The van der Waals surface area contributed by atoms with E-state index < -0.39 is 31.8 Å². The summed E-state index contributed by atoms with van der Waals surface area (Å²) in [5.74, 6) is -0.872. The van der Waals surface area contributed by atoms with Crippen LogP contribution in [0.5, 0.6) is 0 Å². The average Bonchev–Trinajstić information content (AvgIpc) is 2.70. The topological polar surface area (TPSA) is 79.4 Å². The van der Waals surface area contributed by atoms with Gasteiger partial charge in [0.2, 0.25) is 0 Å². The summed E-state index contributed by atoms with van der Waals surface area (Å²) in [7, 11) is -5.72. The molecule has 0 saturated carbocycles. The smallest absolute Gasteiger partial charge is 0.349 e. The summed E-state index contributed by atoms with van der Waals surface area (Å²) in [4.78, 5) is 18.1. The van der Waals surface area contributed by atoms with Gasteiger partial charge in [0.15, 0.2) is 5.03 Å². The van der Waals surface area contributed by atoms with Crippen molar-refractivity contribution in [2.45, 2.75) is 42.9 Å². The number of likely N-dealkylation sites (tertiary alicyclic amines) is 1. The van der Waals surface area contributed by atoms with Crippen LogP contribution in [0.25, 0.3) is 0 Å². The lowest BCUT2D eigenvalue weighted by Crippen LogP contribution is -2.44. The van der Waals surface area contributed by atoms with Gasteiger partial charge in [0.25, 0.3) is 15.7 Å². The fourth-order valence-electron chi connectivity index (χ4n) is 3.41. The van der Waals surface area contributed by atoms with Crippen molar-refractivity contribution in [3.05, 3.63) is 59.3 Å². The summed E-state index contributed by atoms with van der Waals surface area (Å²) in [6.07, 6.45) is 2.14. The molecule has 3 rings (SSSR count). The van der Waals surface area contributed by atoms with Crippen LogP contribution in [0.4, 0.5) is 13.2 Å². The van der Waals surface area contributed by atoms with Crippen LogP contribution in [0.15, 0.2) is 47.6 Å². The maximum Gasteiger partial charge on any atom is 0.503 e. The van der Waals surface area contributed by atoms with Crippen LogP contribution in [-0.4, -0.2) is 48.8 Å². The van der Waals surface area contributed by atoms with Gasteiger partial charge >= 0.3 is 5.51 Å². The number of carbonyl (C=O) groups is 1. The average molecular weight is 441 g/mol. The molecule has 162 valence electrons. The number of hydrogen-bond acceptors (Lipinski definition) is 5. The second-order valence-corrected chi connectivity index (χ2v) is 9.11. The largest absolute Gasteiger partial charge is 0.503 e. The van der Waals surface area contributed by atoms with Crippen LogP contribution in [0.1, 0.15) is 34.3 Å². The van der Waals surface area contributed by atoms with Crippen LogP contribution < -0.4 is 5.32 Å². The minimum Gasteiger partial charge on any atom is -0.349 e. The van der Waals surface area contributed by atoms with Crippen molar-refractivity contribution in [2.75, 3.05) is 13.1 Å². The molecule has 10 heteroatoms. The lowest BCUT2D eigenvalue weighted by Gasteiger charge is -2.32. The van der Waals surface area contributed by atoms with Crippen molar-refractivity contribution in [1.82, 2.24) is 15.2 Å². The molecule has 1 N–H and O–H groups in total. The third-order valence-electron chi connectivity index (χ3n) is 5.15. The Bertz CT molecular complexity index is 1020. The second kappa shape index (κ2) is 8.73. The van der Waals surface area contributed by atoms with Crippen LogP contribution in [-0.2, 0) is 16.4 Å². The highest BCUT2D eigenvalue weighted by Crippen LogP contribution is 2.31. The van der Waals surface area contributed by atoms with Gasteiger partial charge in [-0.2, -0.15) is 13.2 Å². The SMILES string of the molecule is Cc1ccccc1CN1CCC(NC(=O)c2cccnc2S(=O)(=O)C(F)(F)F)CC1. The number of pyridine rings is 1. The van der Waals surface area contributed by atoms with Gasteiger partial charge < -0.3 is 5.32 Å². The number of alkyl halides is 3. The minimum atomic E-state index is -5.72. The molecule has 1 aromatic heterocycles. The van der Waals surface area contributed by atoms with E-state index in [0.717, 1.165) is 18.8 Å². The second-order valence-electron chi connectivity index (χ2n) is 7.26. The number of aromatic nitrogens is 1. The van der Waals surface area contributed by atoms with Gasteiger partial charge in [-0.3, -0.25) is 9.69 Å². The van der Waals surface area contributed by atoms with Crippen LogP contribution in [0, 0.1) is 6.92 Å². The molecule has 0 bridgehead atoms. The number of rotatable bonds is 5. The first-order chi connectivity index (χ1) is 14.1. The van der Waals surface area contributed by atoms with Gasteiger partial charge in [-0.25, -0.2) is 13.4 Å². The zero-order chi connectivity index (χ0) is 21.9. The molecular weight excluding hydrogens is 419 g/mol. The highest BCUT2D eigenvalue weighted by Gasteiger charge is 2.49. The quantitative estimate of drug-likeness (QED) is 0.772. The van der Waals surface area contributed by atoms with E-state index in [1.807, 2.05) is 25.1 Å². The van der Waals surface area contributed by atoms with Crippen LogP contribution in [0.3, 0.4) is 0 Å². The van der Waals surface area contributed by atoms with E-state index in [1.165, 1.54) is 17.2 Å². The molecule has 1 aromatic carbocycles. The Hall–Kier alpha value is -2.46. The molecule has 1 amide bonds. The molecule has 0 radical (unpaired) electrons. The number of nitrogens with zero attached hydrogens (tertiary/aromatic N) is 2. The molecule has 0 aliphatic carbocycles. The van der Waals surface area contributed by atoms with Gasteiger partial charge in [0, 0.05) is 31.9 Å². The molecule has 1 fully saturated rings. The summed E-state index contributed by atoms with van der Waals surface area (Å²) in [5.41, 5.74) is -3.71. The molecule has 1 aliphatic rings. The fourth-order valence-corrected chi connectivity index (χ4v) is 4.28. The molecule has 0 unspecified atom stereocenters. The molecule has 0 atom stereocenters. The first-order valence-electron chi connectivity index (χ1n) is 9.43. The first kappa shape index (κ1) is 22.2. The fraction of sp³-hybridized carbons (Fsp3) is 0.400. The van der Waals surface area contributed by atoms with Crippen LogP contribution in [0.2, 0.25) is 0 Å². The van der Waals surface area contributed by atoms with E-state index in [0.29, 0.717) is 25.9 Å². The van der Waals surface area contributed by atoms with Crippen molar-refractivity contribution in [3.8, 4) is 0 Å². The summed E-state index contributed by atoms with van der Waals surface area (Å²) < 4.78 is 62.2. The number of nitrogens with one attached hydrogen (secondary N) is 1. The van der Waals surface area contributed by atoms with Gasteiger partial charge in [0.05, 0.1) is 5.56 Å². The summed E-state index contributed by atoms with van der Waals surface area (Å²) >= 11 is 0. The number of halogens is 3. The van der Waals surface area contributed by atoms with E-state index in [-0.39, 0.29) is 6.04 Å². The third-order valence-corrected chi connectivity index (χ3v) is 6.60. The normalized spacial score (nSPS) is 16.4. The van der Waals surface area contributed by atoms with E-state index >= 15 is 0 Å². The van der Waals surface area contributed by atoms with E-state index in [1.54, 1.807) is 0 Å². The summed E-state index contributed by atoms with van der Waals surface area (Å²) in [5, 5.41) is 1.39. The number of sulfone groups is 1. The molecular formula is C20H22F3N3O3S. The highest BCUT2D eigenvalue weighted by molar-refractivity contribution is 7.92. The predicted molar refractivity (Wildman–Crippen MR) is 104 cm³/mol. The molecule has 2 heterocycles. The van der Waals surface area contributed by atoms with E-state index in [4.69, 9.17) is 0 Å². The highest BCUT2D eigenvalue weighted by atomic mass is 32.2. The zero-order valence-corrected chi connectivity index (χ0v) is 17.1. The van der Waals surface area contributed by atoms with Gasteiger partial charge in [-0.1, -0.05) is 24.3 Å². The van der Waals surface area contributed by atoms with Gasteiger partial charge in [0.1, 0.15) is 0 Å². The van der Waals surface area contributed by atoms with Crippen molar-refractivity contribution >= 4 is 15.7 Å². The summed E-state index contributed by atoms with van der Waals surface area (Å²) in [6, 6.07) is 10.1. The standard InChI is InChI=1S/C20H22F3N3O3S/c1-14-5-2-3-6-15(14)13-26-11-8-16(9-12-26)25-18(27)17-7-4-10-24-19(17)30(28,29)20(21,22)23/h2-7,10,16H,8-9,11-13H2,1H3,(H,25,27). The predicted octanol–water partition coefficient (Wildman–Crippen LogP) is 3.08. The van der Waals surface area contributed by atoms with Gasteiger partial charge in [-0.05, 0) is 43.0 Å². The lowest BCUT2D eigenvalue weighted by molar-refractivity contribution is -0.0438. The lowest BCUT2D eigenvalue weighted by atomic mass is 10.0. The Balaban J connectivity index is 1.64. The maximum absolute atomic E-state index is 12.9. The number of benzene rings is 1. The number of piperidine rings is 1. The number of amides is 1. The molecule has 6 nitrogen and oxygen atoms in total. The molecule has 1 saturated heterocycles. The Morgan fingerprint density at radius 3 is 2.47 bits per heavy atom. The summed E-state index contributed by atoms with van der Waals surface area (Å²) in [6.45, 7) is 4.24. The molecule has 30 heavy (non-hydrogen) atoms. The maximum atomic E-state index is 12.9. The van der Waals surface area contributed by atoms with E-state index in [2.05, 4.69) is 21.3 Å². The molecule has 2 aromatic rings. The van der Waals surface area contributed by atoms with Crippen molar-refractivity contribution in [1.29, 1.82) is 0 Å². The Morgan fingerprint density at radius 2 is 1.83 bits per heavy atom. The molecule has 0 spiro atoms.